The van der Waals surface area contributed by atoms with Gasteiger partial charge in [-0.15, -0.1) is 0 Å². The zero-order valence-corrected chi connectivity index (χ0v) is 11.2. The molecule has 0 amide bonds. The van der Waals surface area contributed by atoms with Gasteiger partial charge in [-0.05, 0) is 19.3 Å². The summed E-state index contributed by atoms with van der Waals surface area (Å²) in [6.07, 6.45) is 4.91. The van der Waals surface area contributed by atoms with Crippen LogP contribution >= 0.6 is 0 Å². The predicted molar refractivity (Wildman–Crippen MR) is 66.7 cm³/mol. The molecule has 1 fully saturated rings. The molecule has 0 bridgehead atoms. The van der Waals surface area contributed by atoms with Gasteiger partial charge < -0.3 is 5.73 Å². The van der Waals surface area contributed by atoms with E-state index in [2.05, 4.69) is 0 Å². The summed E-state index contributed by atoms with van der Waals surface area (Å²) in [7, 11) is -3.19. The van der Waals surface area contributed by atoms with Crippen molar-refractivity contribution in [2.45, 2.75) is 57.2 Å². The van der Waals surface area contributed by atoms with Crippen molar-refractivity contribution >= 4 is 10.0 Å². The first-order valence-electron chi connectivity index (χ1n) is 6.28. The minimum Gasteiger partial charge on any atom is -0.329 e. The second-order valence-electron chi connectivity index (χ2n) is 4.45. The quantitative estimate of drug-likeness (QED) is 0.771. The Balaban J connectivity index is 2.84. The van der Waals surface area contributed by atoms with Gasteiger partial charge in [-0.3, -0.25) is 0 Å². The highest BCUT2D eigenvalue weighted by atomic mass is 32.2. The van der Waals surface area contributed by atoms with E-state index < -0.39 is 15.3 Å². The summed E-state index contributed by atoms with van der Waals surface area (Å²) in [4.78, 5) is 0. The highest BCUT2D eigenvalue weighted by Crippen LogP contribution is 2.27. The van der Waals surface area contributed by atoms with Crippen LogP contribution in [0.3, 0.4) is 0 Å². The van der Waals surface area contributed by atoms with E-state index in [0.717, 1.165) is 25.7 Å². The van der Waals surface area contributed by atoms with Crippen LogP contribution < -0.4 is 5.73 Å². The standard InChI is InChI=1S/C11H24N2O2S/c1-3-11(9-12)16(14,15)13(4-2)10-7-5-6-8-10/h10-11H,3-9,12H2,1-2H3. The smallest absolute Gasteiger partial charge is 0.218 e. The van der Waals surface area contributed by atoms with E-state index in [1.807, 2.05) is 13.8 Å². The molecule has 0 aromatic carbocycles. The number of nitrogens with two attached hydrogens (primary N) is 1. The van der Waals surface area contributed by atoms with Crippen molar-refractivity contribution in [3.8, 4) is 0 Å². The first kappa shape index (κ1) is 13.9. The molecular formula is C11H24N2O2S. The normalized spacial score (nSPS) is 20.5. The van der Waals surface area contributed by atoms with Crippen molar-refractivity contribution in [3.63, 3.8) is 0 Å². The summed E-state index contributed by atoms with van der Waals surface area (Å²) in [6, 6.07) is 0.218. The average molecular weight is 248 g/mol. The molecule has 0 aromatic rings. The zero-order valence-electron chi connectivity index (χ0n) is 10.4. The minimum absolute atomic E-state index is 0.218. The summed E-state index contributed by atoms with van der Waals surface area (Å²) in [5, 5.41) is -0.409. The van der Waals surface area contributed by atoms with Crippen LogP contribution in [0, 0.1) is 0 Å². The van der Waals surface area contributed by atoms with Crippen LogP contribution in [0.15, 0.2) is 0 Å². The molecule has 1 atom stereocenters. The van der Waals surface area contributed by atoms with Gasteiger partial charge in [-0.1, -0.05) is 26.7 Å². The molecule has 1 rings (SSSR count). The van der Waals surface area contributed by atoms with Gasteiger partial charge in [0, 0.05) is 19.1 Å². The van der Waals surface area contributed by atoms with Gasteiger partial charge in [0.25, 0.3) is 0 Å². The maximum atomic E-state index is 12.4. The Kier molecular flexibility index (Phi) is 5.21. The number of nitrogens with zero attached hydrogens (tertiary/aromatic N) is 1. The Bertz CT molecular complexity index is 293. The summed E-state index contributed by atoms with van der Waals surface area (Å²) < 4.78 is 26.4. The molecule has 1 unspecified atom stereocenters. The lowest BCUT2D eigenvalue weighted by Crippen LogP contribution is -2.46. The summed E-state index contributed by atoms with van der Waals surface area (Å²) >= 11 is 0. The largest absolute Gasteiger partial charge is 0.329 e. The van der Waals surface area contributed by atoms with Crippen LogP contribution in [0.5, 0.6) is 0 Å². The van der Waals surface area contributed by atoms with E-state index in [1.54, 1.807) is 4.31 Å². The molecule has 0 heterocycles. The Labute approximate surface area is 99.2 Å². The zero-order chi connectivity index (χ0) is 12.2. The van der Waals surface area contributed by atoms with Crippen LogP contribution in [0.4, 0.5) is 0 Å². The molecule has 1 saturated carbocycles. The van der Waals surface area contributed by atoms with Crippen LogP contribution in [0.1, 0.15) is 46.0 Å². The topological polar surface area (TPSA) is 63.4 Å². The lowest BCUT2D eigenvalue weighted by Gasteiger charge is -2.30. The monoisotopic (exact) mass is 248 g/mol. The van der Waals surface area contributed by atoms with E-state index in [9.17, 15) is 8.42 Å². The molecule has 1 aliphatic rings. The van der Waals surface area contributed by atoms with E-state index in [4.69, 9.17) is 5.73 Å². The molecule has 5 heteroatoms. The fourth-order valence-electron chi connectivity index (χ4n) is 2.53. The molecule has 0 aliphatic heterocycles. The summed E-state index contributed by atoms with van der Waals surface area (Å²) in [5.74, 6) is 0. The summed E-state index contributed by atoms with van der Waals surface area (Å²) in [6.45, 7) is 4.60. The van der Waals surface area contributed by atoms with Crippen molar-refractivity contribution in [1.82, 2.24) is 4.31 Å². The van der Waals surface area contributed by atoms with Gasteiger partial charge in [0.1, 0.15) is 0 Å². The Morgan fingerprint density at radius 3 is 2.25 bits per heavy atom. The van der Waals surface area contributed by atoms with Crippen molar-refractivity contribution in [2.24, 2.45) is 5.73 Å². The van der Waals surface area contributed by atoms with Gasteiger partial charge in [0.05, 0.1) is 5.25 Å². The first-order valence-corrected chi connectivity index (χ1v) is 7.78. The Morgan fingerprint density at radius 1 is 1.31 bits per heavy atom. The van der Waals surface area contributed by atoms with Gasteiger partial charge in [-0.2, -0.15) is 4.31 Å². The predicted octanol–water partition coefficient (Wildman–Crippen LogP) is 1.32. The maximum Gasteiger partial charge on any atom is 0.218 e. The third-order valence-electron chi connectivity index (χ3n) is 3.51. The van der Waals surface area contributed by atoms with E-state index in [0.29, 0.717) is 13.0 Å². The average Bonchev–Trinajstić information content (AvgIpc) is 2.73. The first-order chi connectivity index (χ1) is 7.57. The third kappa shape index (κ3) is 2.76. The Hall–Kier alpha value is -0.130. The highest BCUT2D eigenvalue weighted by Gasteiger charge is 2.34. The van der Waals surface area contributed by atoms with Gasteiger partial charge in [0.2, 0.25) is 10.0 Å². The lowest BCUT2D eigenvalue weighted by atomic mass is 10.2. The molecule has 0 radical (unpaired) electrons. The fraction of sp³-hybridized carbons (Fsp3) is 1.00. The molecular weight excluding hydrogens is 224 g/mol. The molecule has 0 saturated heterocycles. The SMILES string of the molecule is CCC(CN)S(=O)(=O)N(CC)C1CCCC1. The van der Waals surface area contributed by atoms with Crippen molar-refractivity contribution in [2.75, 3.05) is 13.1 Å². The van der Waals surface area contributed by atoms with Crippen LogP contribution in [0.2, 0.25) is 0 Å². The van der Waals surface area contributed by atoms with E-state index in [1.165, 1.54) is 0 Å². The maximum absolute atomic E-state index is 12.4. The minimum atomic E-state index is -3.19. The van der Waals surface area contributed by atoms with Gasteiger partial charge in [-0.25, -0.2) is 8.42 Å². The van der Waals surface area contributed by atoms with Gasteiger partial charge in [0.15, 0.2) is 0 Å². The molecule has 16 heavy (non-hydrogen) atoms. The molecule has 0 aromatic heterocycles. The number of hydrogen-bond acceptors (Lipinski definition) is 3. The molecule has 96 valence electrons. The Morgan fingerprint density at radius 2 is 1.88 bits per heavy atom. The van der Waals surface area contributed by atoms with Crippen molar-refractivity contribution in [1.29, 1.82) is 0 Å². The number of sulfonamides is 1. The highest BCUT2D eigenvalue weighted by molar-refractivity contribution is 7.89. The number of rotatable bonds is 6. The molecule has 4 nitrogen and oxygen atoms in total. The molecule has 1 aliphatic carbocycles. The van der Waals surface area contributed by atoms with Gasteiger partial charge >= 0.3 is 0 Å². The second-order valence-corrected chi connectivity index (χ2v) is 6.62. The van der Waals surface area contributed by atoms with Crippen molar-refractivity contribution in [3.05, 3.63) is 0 Å². The van der Waals surface area contributed by atoms with Crippen LogP contribution in [-0.4, -0.2) is 37.1 Å². The molecule has 2 N–H and O–H groups in total. The van der Waals surface area contributed by atoms with Crippen LogP contribution in [-0.2, 0) is 10.0 Å². The third-order valence-corrected chi connectivity index (χ3v) is 6.09. The lowest BCUT2D eigenvalue weighted by molar-refractivity contribution is 0.330. The van der Waals surface area contributed by atoms with E-state index >= 15 is 0 Å². The van der Waals surface area contributed by atoms with E-state index in [-0.39, 0.29) is 12.6 Å². The van der Waals surface area contributed by atoms with Crippen LogP contribution in [0.25, 0.3) is 0 Å². The van der Waals surface area contributed by atoms with Crippen molar-refractivity contribution < 1.29 is 8.42 Å². The molecule has 0 spiro atoms. The fourth-order valence-corrected chi connectivity index (χ4v) is 4.56. The second kappa shape index (κ2) is 5.98. The number of hydrogen-bond donors (Lipinski definition) is 1. The summed E-state index contributed by atoms with van der Waals surface area (Å²) in [5.41, 5.74) is 5.55.